The van der Waals surface area contributed by atoms with Crippen LogP contribution in [-0.2, 0) is 6.54 Å². The molecule has 0 atom stereocenters. The van der Waals surface area contributed by atoms with E-state index in [1.807, 2.05) is 35.0 Å². The molecule has 0 aliphatic heterocycles. The van der Waals surface area contributed by atoms with Crippen LogP contribution in [0.2, 0.25) is 0 Å². The van der Waals surface area contributed by atoms with E-state index in [1.54, 1.807) is 13.2 Å². The van der Waals surface area contributed by atoms with E-state index in [4.69, 9.17) is 15.7 Å². The first-order chi connectivity index (χ1) is 8.24. The van der Waals surface area contributed by atoms with Crippen LogP contribution in [0.5, 0.6) is 5.75 Å². The number of nitrogen functional groups attached to an aromatic ring is 1. The molecule has 0 amide bonds. The van der Waals surface area contributed by atoms with E-state index < -0.39 is 0 Å². The highest BCUT2D eigenvalue weighted by molar-refractivity contribution is 5.54. The molecule has 1 heterocycles. The Bertz CT molecular complexity index is 566. The first kappa shape index (κ1) is 11.1. The number of anilines is 1. The zero-order valence-corrected chi connectivity index (χ0v) is 9.55. The zero-order chi connectivity index (χ0) is 12.3. The van der Waals surface area contributed by atoms with Gasteiger partial charge in [-0.05, 0) is 29.8 Å². The fraction of sp³-hybridized carbons (Fsp3) is 0.154. The van der Waals surface area contributed by atoms with Gasteiger partial charge < -0.3 is 15.0 Å². The number of nitriles is 1. The number of ether oxygens (including phenoxy) is 1. The minimum Gasteiger partial charge on any atom is -0.495 e. The van der Waals surface area contributed by atoms with Crippen LogP contribution in [0.1, 0.15) is 11.3 Å². The third-order valence-corrected chi connectivity index (χ3v) is 2.59. The number of nitrogens with two attached hydrogens (primary N) is 1. The Hall–Kier alpha value is -2.41. The lowest BCUT2D eigenvalue weighted by atomic mass is 10.2. The zero-order valence-electron chi connectivity index (χ0n) is 9.55. The van der Waals surface area contributed by atoms with E-state index in [9.17, 15) is 0 Å². The van der Waals surface area contributed by atoms with Gasteiger partial charge in [0.15, 0.2) is 0 Å². The lowest BCUT2D eigenvalue weighted by Gasteiger charge is -2.08. The van der Waals surface area contributed by atoms with Crippen molar-refractivity contribution in [3.8, 4) is 11.8 Å². The summed E-state index contributed by atoms with van der Waals surface area (Å²) in [6.07, 6.45) is 1.87. The Balaban J connectivity index is 2.25. The number of benzene rings is 1. The summed E-state index contributed by atoms with van der Waals surface area (Å²) in [5.74, 6) is 0.668. The Morgan fingerprint density at radius 2 is 2.24 bits per heavy atom. The van der Waals surface area contributed by atoms with Gasteiger partial charge >= 0.3 is 0 Å². The molecule has 0 bridgehead atoms. The van der Waals surface area contributed by atoms with Crippen LogP contribution in [0.15, 0.2) is 36.5 Å². The lowest BCUT2D eigenvalue weighted by molar-refractivity contribution is 0.417. The van der Waals surface area contributed by atoms with Gasteiger partial charge in [-0.2, -0.15) is 5.26 Å². The van der Waals surface area contributed by atoms with E-state index in [2.05, 4.69) is 6.07 Å². The van der Waals surface area contributed by atoms with E-state index in [0.717, 1.165) is 5.56 Å². The smallest absolute Gasteiger partial charge is 0.141 e. The van der Waals surface area contributed by atoms with Crippen molar-refractivity contribution in [3.05, 3.63) is 47.8 Å². The second-order valence-corrected chi connectivity index (χ2v) is 3.71. The fourth-order valence-corrected chi connectivity index (χ4v) is 1.73. The maximum absolute atomic E-state index is 8.91. The lowest BCUT2D eigenvalue weighted by Crippen LogP contribution is -2.02. The molecule has 0 spiro atoms. The molecule has 4 heteroatoms. The van der Waals surface area contributed by atoms with Crippen LogP contribution in [0.25, 0.3) is 0 Å². The van der Waals surface area contributed by atoms with Crippen LogP contribution in [-0.4, -0.2) is 11.7 Å². The van der Waals surface area contributed by atoms with Gasteiger partial charge in [-0.15, -0.1) is 0 Å². The van der Waals surface area contributed by atoms with E-state index in [-0.39, 0.29) is 0 Å². The standard InChI is InChI=1S/C13H13N3O/c1-17-13-5-4-10(7-12(13)15)9-16-6-2-3-11(16)8-14/h2-7H,9,15H2,1H3. The number of hydrogen-bond acceptors (Lipinski definition) is 3. The molecule has 17 heavy (non-hydrogen) atoms. The van der Waals surface area contributed by atoms with Gasteiger partial charge in [0.1, 0.15) is 17.5 Å². The molecule has 0 aliphatic carbocycles. The van der Waals surface area contributed by atoms with Crippen molar-refractivity contribution in [1.29, 1.82) is 5.26 Å². The molecule has 86 valence electrons. The molecule has 4 nitrogen and oxygen atoms in total. The summed E-state index contributed by atoms with van der Waals surface area (Å²) in [7, 11) is 1.59. The normalized spacial score (nSPS) is 9.88. The topological polar surface area (TPSA) is 64.0 Å². The Kier molecular flexibility index (Phi) is 3.01. The number of nitrogens with zero attached hydrogens (tertiary/aromatic N) is 2. The molecule has 0 radical (unpaired) electrons. The summed E-state index contributed by atoms with van der Waals surface area (Å²) >= 11 is 0. The fourth-order valence-electron chi connectivity index (χ4n) is 1.73. The Labute approximate surface area is 99.8 Å². The second kappa shape index (κ2) is 4.62. The molecule has 2 N–H and O–H groups in total. The largest absolute Gasteiger partial charge is 0.495 e. The molecular weight excluding hydrogens is 214 g/mol. The van der Waals surface area contributed by atoms with Gasteiger partial charge in [0.05, 0.1) is 12.8 Å². The van der Waals surface area contributed by atoms with Crippen LogP contribution in [0, 0.1) is 11.3 Å². The van der Waals surface area contributed by atoms with Crippen molar-refractivity contribution in [1.82, 2.24) is 4.57 Å². The van der Waals surface area contributed by atoms with Crippen LogP contribution in [0.3, 0.4) is 0 Å². The average Bonchev–Trinajstić information content (AvgIpc) is 2.76. The predicted octanol–water partition coefficient (Wildman–Crippen LogP) is 2.00. The number of rotatable bonds is 3. The maximum atomic E-state index is 8.91. The van der Waals surface area contributed by atoms with Crippen molar-refractivity contribution in [3.63, 3.8) is 0 Å². The van der Waals surface area contributed by atoms with E-state index >= 15 is 0 Å². The van der Waals surface area contributed by atoms with Gasteiger partial charge in [-0.1, -0.05) is 6.07 Å². The summed E-state index contributed by atoms with van der Waals surface area (Å²) in [6.45, 7) is 0.629. The van der Waals surface area contributed by atoms with Gasteiger partial charge in [0, 0.05) is 12.7 Å². The Morgan fingerprint density at radius 1 is 1.41 bits per heavy atom. The minimum absolute atomic E-state index is 0.607. The van der Waals surface area contributed by atoms with Crippen molar-refractivity contribution in [2.45, 2.75) is 6.54 Å². The molecule has 0 saturated carbocycles. The highest BCUT2D eigenvalue weighted by Crippen LogP contribution is 2.22. The molecule has 0 fully saturated rings. The summed E-state index contributed by atoms with van der Waals surface area (Å²) in [4.78, 5) is 0. The third-order valence-electron chi connectivity index (χ3n) is 2.59. The van der Waals surface area contributed by atoms with Crippen molar-refractivity contribution in [2.75, 3.05) is 12.8 Å². The van der Waals surface area contributed by atoms with E-state index in [1.165, 1.54) is 0 Å². The average molecular weight is 227 g/mol. The minimum atomic E-state index is 0.607. The summed E-state index contributed by atoms with van der Waals surface area (Å²) in [6, 6.07) is 11.4. The molecule has 0 aliphatic rings. The number of methoxy groups -OCH3 is 1. The van der Waals surface area contributed by atoms with Crippen molar-refractivity contribution >= 4 is 5.69 Å². The van der Waals surface area contributed by atoms with Crippen molar-refractivity contribution < 1.29 is 4.74 Å². The molecule has 0 saturated heterocycles. The molecule has 0 unspecified atom stereocenters. The van der Waals surface area contributed by atoms with Gasteiger partial charge in [-0.3, -0.25) is 0 Å². The predicted molar refractivity (Wildman–Crippen MR) is 65.7 cm³/mol. The molecule has 2 rings (SSSR count). The molecular formula is C13H13N3O. The van der Waals surface area contributed by atoms with Crippen molar-refractivity contribution in [2.24, 2.45) is 0 Å². The molecule has 2 aromatic rings. The van der Waals surface area contributed by atoms with Gasteiger partial charge in [0.2, 0.25) is 0 Å². The van der Waals surface area contributed by atoms with Gasteiger partial charge in [0.25, 0.3) is 0 Å². The van der Waals surface area contributed by atoms with Gasteiger partial charge in [-0.25, -0.2) is 0 Å². The quantitative estimate of drug-likeness (QED) is 0.815. The highest BCUT2D eigenvalue weighted by Gasteiger charge is 2.03. The van der Waals surface area contributed by atoms with Crippen LogP contribution >= 0.6 is 0 Å². The van der Waals surface area contributed by atoms with E-state index in [0.29, 0.717) is 23.7 Å². The number of aromatic nitrogens is 1. The SMILES string of the molecule is COc1ccc(Cn2cccc2C#N)cc1N. The third kappa shape index (κ3) is 2.23. The van der Waals surface area contributed by atoms with Crippen LogP contribution in [0.4, 0.5) is 5.69 Å². The molecule has 1 aromatic carbocycles. The summed E-state index contributed by atoms with van der Waals surface area (Å²) < 4.78 is 6.97. The summed E-state index contributed by atoms with van der Waals surface area (Å²) in [5.41, 5.74) is 8.12. The monoisotopic (exact) mass is 227 g/mol. The molecule has 1 aromatic heterocycles. The summed E-state index contributed by atoms with van der Waals surface area (Å²) in [5, 5.41) is 8.91. The number of hydrogen-bond donors (Lipinski definition) is 1. The highest BCUT2D eigenvalue weighted by atomic mass is 16.5. The first-order valence-corrected chi connectivity index (χ1v) is 5.22. The first-order valence-electron chi connectivity index (χ1n) is 5.22. The van der Waals surface area contributed by atoms with Crippen LogP contribution < -0.4 is 10.5 Å². The second-order valence-electron chi connectivity index (χ2n) is 3.71. The maximum Gasteiger partial charge on any atom is 0.141 e. The Morgan fingerprint density at radius 3 is 2.88 bits per heavy atom.